The fourth-order valence-corrected chi connectivity index (χ4v) is 2.27. The number of rotatable bonds is 4. The third kappa shape index (κ3) is 2.93. The Morgan fingerprint density at radius 3 is 2.84 bits per heavy atom. The lowest BCUT2D eigenvalue weighted by atomic mass is 9.97. The molecular formula is C14H17NO4. The van der Waals surface area contributed by atoms with Crippen molar-refractivity contribution in [3.05, 3.63) is 35.4 Å². The normalized spacial score (nSPS) is 17.6. The van der Waals surface area contributed by atoms with Crippen molar-refractivity contribution in [1.82, 2.24) is 4.90 Å². The Balaban J connectivity index is 2.22. The molecule has 1 aliphatic rings. The van der Waals surface area contributed by atoms with Gasteiger partial charge in [-0.3, -0.25) is 9.59 Å². The zero-order chi connectivity index (χ0) is 13.8. The van der Waals surface area contributed by atoms with Crippen LogP contribution in [0.2, 0.25) is 0 Å². The third-order valence-electron chi connectivity index (χ3n) is 3.24. The van der Waals surface area contributed by atoms with E-state index in [1.165, 1.54) is 4.90 Å². The minimum absolute atomic E-state index is 0.281. The van der Waals surface area contributed by atoms with Crippen molar-refractivity contribution < 1.29 is 19.4 Å². The molecule has 19 heavy (non-hydrogen) atoms. The van der Waals surface area contributed by atoms with E-state index in [1.807, 2.05) is 24.3 Å². The Labute approximate surface area is 111 Å². The van der Waals surface area contributed by atoms with Crippen LogP contribution in [0, 0.1) is 0 Å². The highest BCUT2D eigenvalue weighted by molar-refractivity contribution is 5.86. The SMILES string of the molecule is CCN(CC(=O)O)C(=O)[C@H]1OCCc2ccccc21. The second kappa shape index (κ2) is 5.84. The number of hydrogen-bond donors (Lipinski definition) is 1. The maximum atomic E-state index is 12.4. The van der Waals surface area contributed by atoms with Crippen molar-refractivity contribution in [1.29, 1.82) is 0 Å². The van der Waals surface area contributed by atoms with Crippen LogP contribution < -0.4 is 0 Å². The van der Waals surface area contributed by atoms with E-state index < -0.39 is 12.1 Å². The molecule has 1 N–H and O–H groups in total. The number of benzene rings is 1. The van der Waals surface area contributed by atoms with Gasteiger partial charge in [-0.15, -0.1) is 0 Å². The molecule has 1 atom stereocenters. The second-order valence-electron chi connectivity index (χ2n) is 4.45. The molecule has 0 bridgehead atoms. The first-order chi connectivity index (χ1) is 9.13. The molecule has 1 heterocycles. The van der Waals surface area contributed by atoms with Crippen LogP contribution in [0.5, 0.6) is 0 Å². The fourth-order valence-electron chi connectivity index (χ4n) is 2.27. The number of likely N-dealkylation sites (N-methyl/N-ethyl adjacent to an activating group) is 1. The lowest BCUT2D eigenvalue weighted by Gasteiger charge is -2.29. The molecule has 5 nitrogen and oxygen atoms in total. The van der Waals surface area contributed by atoms with Gasteiger partial charge < -0.3 is 14.7 Å². The summed E-state index contributed by atoms with van der Waals surface area (Å²) in [5.41, 5.74) is 1.95. The molecular weight excluding hydrogens is 246 g/mol. The Morgan fingerprint density at radius 1 is 1.42 bits per heavy atom. The van der Waals surface area contributed by atoms with E-state index in [-0.39, 0.29) is 12.5 Å². The van der Waals surface area contributed by atoms with Gasteiger partial charge in [0.15, 0.2) is 6.10 Å². The van der Waals surface area contributed by atoms with Gasteiger partial charge in [-0.05, 0) is 24.5 Å². The van der Waals surface area contributed by atoms with Gasteiger partial charge in [0.2, 0.25) is 0 Å². The van der Waals surface area contributed by atoms with E-state index in [0.29, 0.717) is 13.2 Å². The van der Waals surface area contributed by atoms with Gasteiger partial charge in [0.25, 0.3) is 5.91 Å². The average molecular weight is 263 g/mol. The van der Waals surface area contributed by atoms with E-state index in [4.69, 9.17) is 9.84 Å². The van der Waals surface area contributed by atoms with Crippen molar-refractivity contribution >= 4 is 11.9 Å². The number of amides is 1. The summed E-state index contributed by atoms with van der Waals surface area (Å²) in [6, 6.07) is 7.64. The first kappa shape index (κ1) is 13.5. The van der Waals surface area contributed by atoms with E-state index in [1.54, 1.807) is 6.92 Å². The molecule has 0 fully saturated rings. The average Bonchev–Trinajstić information content (AvgIpc) is 2.43. The van der Waals surface area contributed by atoms with E-state index >= 15 is 0 Å². The molecule has 1 aliphatic heterocycles. The predicted molar refractivity (Wildman–Crippen MR) is 68.7 cm³/mol. The summed E-state index contributed by atoms with van der Waals surface area (Å²) in [5, 5.41) is 8.82. The lowest BCUT2D eigenvalue weighted by molar-refractivity contribution is -0.151. The highest BCUT2D eigenvalue weighted by Gasteiger charge is 2.30. The summed E-state index contributed by atoms with van der Waals surface area (Å²) in [4.78, 5) is 24.4. The molecule has 1 aromatic carbocycles. The van der Waals surface area contributed by atoms with Crippen LogP contribution in [0.4, 0.5) is 0 Å². The van der Waals surface area contributed by atoms with E-state index in [9.17, 15) is 9.59 Å². The van der Waals surface area contributed by atoms with Gasteiger partial charge in [-0.2, -0.15) is 0 Å². The summed E-state index contributed by atoms with van der Waals surface area (Å²) in [6.45, 7) is 2.30. The van der Waals surface area contributed by atoms with Crippen LogP contribution in [0.15, 0.2) is 24.3 Å². The number of nitrogens with zero attached hydrogens (tertiary/aromatic N) is 1. The van der Waals surface area contributed by atoms with E-state index in [0.717, 1.165) is 17.5 Å². The van der Waals surface area contributed by atoms with Gasteiger partial charge >= 0.3 is 5.97 Å². The second-order valence-corrected chi connectivity index (χ2v) is 4.45. The molecule has 5 heteroatoms. The number of carbonyl (C=O) groups is 2. The Kier molecular flexibility index (Phi) is 4.16. The molecule has 0 saturated carbocycles. The number of carbonyl (C=O) groups excluding carboxylic acids is 1. The summed E-state index contributed by atoms with van der Waals surface area (Å²) in [7, 11) is 0. The molecule has 0 unspecified atom stereocenters. The highest BCUT2D eigenvalue weighted by atomic mass is 16.5. The molecule has 0 radical (unpaired) electrons. The van der Waals surface area contributed by atoms with Crippen molar-refractivity contribution in [2.24, 2.45) is 0 Å². The van der Waals surface area contributed by atoms with Crippen LogP contribution in [0.1, 0.15) is 24.2 Å². The van der Waals surface area contributed by atoms with Crippen LogP contribution in [0.25, 0.3) is 0 Å². The lowest BCUT2D eigenvalue weighted by Crippen LogP contribution is -2.40. The molecule has 1 amide bonds. The minimum Gasteiger partial charge on any atom is -0.480 e. The van der Waals surface area contributed by atoms with Gasteiger partial charge in [0.05, 0.1) is 6.61 Å². The Bertz CT molecular complexity index is 486. The number of carboxylic acids is 1. The van der Waals surface area contributed by atoms with Crippen LogP contribution in [-0.4, -0.2) is 41.6 Å². The number of hydrogen-bond acceptors (Lipinski definition) is 3. The fraction of sp³-hybridized carbons (Fsp3) is 0.429. The summed E-state index contributed by atoms with van der Waals surface area (Å²) in [5.74, 6) is -1.30. The molecule has 1 aromatic rings. The molecule has 0 spiro atoms. The quantitative estimate of drug-likeness (QED) is 0.887. The maximum Gasteiger partial charge on any atom is 0.323 e. The topological polar surface area (TPSA) is 66.8 Å². The zero-order valence-electron chi connectivity index (χ0n) is 10.8. The molecule has 0 aliphatic carbocycles. The number of fused-ring (bicyclic) bond motifs is 1. The zero-order valence-corrected chi connectivity index (χ0v) is 10.8. The maximum absolute atomic E-state index is 12.4. The summed E-state index contributed by atoms with van der Waals surface area (Å²) in [6.07, 6.45) is 0.106. The Morgan fingerprint density at radius 2 is 2.16 bits per heavy atom. The molecule has 0 aromatic heterocycles. The largest absolute Gasteiger partial charge is 0.480 e. The van der Waals surface area contributed by atoms with Crippen LogP contribution >= 0.6 is 0 Å². The highest BCUT2D eigenvalue weighted by Crippen LogP contribution is 2.28. The smallest absolute Gasteiger partial charge is 0.323 e. The van der Waals surface area contributed by atoms with E-state index in [2.05, 4.69) is 0 Å². The van der Waals surface area contributed by atoms with Crippen molar-refractivity contribution in [2.45, 2.75) is 19.4 Å². The summed E-state index contributed by atoms with van der Waals surface area (Å²) >= 11 is 0. The van der Waals surface area contributed by atoms with Crippen LogP contribution in [-0.2, 0) is 20.7 Å². The first-order valence-electron chi connectivity index (χ1n) is 6.33. The van der Waals surface area contributed by atoms with Crippen LogP contribution in [0.3, 0.4) is 0 Å². The molecule has 102 valence electrons. The minimum atomic E-state index is -1.01. The first-order valence-corrected chi connectivity index (χ1v) is 6.33. The van der Waals surface area contributed by atoms with Gasteiger partial charge in [-0.1, -0.05) is 24.3 Å². The van der Waals surface area contributed by atoms with Crippen molar-refractivity contribution in [3.8, 4) is 0 Å². The molecule has 0 saturated heterocycles. The summed E-state index contributed by atoms with van der Waals surface area (Å²) < 4.78 is 5.55. The number of ether oxygens (including phenoxy) is 1. The predicted octanol–water partition coefficient (Wildman–Crippen LogP) is 1.23. The number of aliphatic carboxylic acids is 1. The van der Waals surface area contributed by atoms with Crippen molar-refractivity contribution in [3.63, 3.8) is 0 Å². The van der Waals surface area contributed by atoms with Gasteiger partial charge in [0, 0.05) is 6.54 Å². The standard InChI is InChI=1S/C14H17NO4/c1-2-15(9-12(16)17)14(18)13-11-6-4-3-5-10(11)7-8-19-13/h3-6,13H,2,7-9H2,1H3,(H,16,17)/t13-/m0/s1. The van der Waals surface area contributed by atoms with Gasteiger partial charge in [0.1, 0.15) is 6.54 Å². The third-order valence-corrected chi connectivity index (χ3v) is 3.24. The van der Waals surface area contributed by atoms with Crippen molar-refractivity contribution in [2.75, 3.05) is 19.7 Å². The Hall–Kier alpha value is -1.88. The molecule has 2 rings (SSSR count). The van der Waals surface area contributed by atoms with Gasteiger partial charge in [-0.25, -0.2) is 0 Å². The number of carboxylic acid groups (broad SMARTS) is 1. The monoisotopic (exact) mass is 263 g/mol.